The first-order valence-corrected chi connectivity index (χ1v) is 5.73. The molecule has 0 aliphatic heterocycles. The first-order chi connectivity index (χ1) is 8.92. The van der Waals surface area contributed by atoms with Gasteiger partial charge in [0.1, 0.15) is 5.75 Å². The van der Waals surface area contributed by atoms with Crippen LogP contribution in [-0.2, 0) is 6.54 Å². The molecule has 0 N–H and O–H groups in total. The van der Waals surface area contributed by atoms with Crippen LogP contribution in [0, 0.1) is 6.92 Å². The van der Waals surface area contributed by atoms with Crippen LogP contribution in [0.25, 0.3) is 0 Å². The summed E-state index contributed by atoms with van der Waals surface area (Å²) in [5.41, 5.74) is 2.03. The van der Waals surface area contributed by atoms with Crippen molar-refractivity contribution in [2.24, 2.45) is 0 Å². The van der Waals surface area contributed by atoms with Gasteiger partial charge in [-0.2, -0.15) is 0 Å². The standard InChI is InChI=1S/C14H13F3NO/c1-11-3-2-8-18(9-11)10-12-4-6-13(7-5-12)19-14(15,16)17/h2-9H,10H2,1H3/q+1. The third-order valence-corrected chi connectivity index (χ3v) is 2.53. The van der Waals surface area contributed by atoms with E-state index < -0.39 is 6.36 Å². The predicted molar refractivity (Wildman–Crippen MR) is 63.6 cm³/mol. The second-order valence-corrected chi connectivity index (χ2v) is 4.25. The number of hydrogen-bond donors (Lipinski definition) is 0. The Kier molecular flexibility index (Phi) is 3.74. The highest BCUT2D eigenvalue weighted by Gasteiger charge is 2.30. The van der Waals surface area contributed by atoms with E-state index in [-0.39, 0.29) is 5.75 Å². The molecule has 1 heterocycles. The van der Waals surface area contributed by atoms with Gasteiger partial charge in [0.2, 0.25) is 0 Å². The van der Waals surface area contributed by atoms with Crippen LogP contribution in [0.15, 0.2) is 48.8 Å². The highest BCUT2D eigenvalue weighted by atomic mass is 19.4. The first kappa shape index (κ1) is 13.4. The van der Waals surface area contributed by atoms with E-state index >= 15 is 0 Å². The maximum absolute atomic E-state index is 12.0. The largest absolute Gasteiger partial charge is 0.573 e. The number of pyridine rings is 1. The summed E-state index contributed by atoms with van der Waals surface area (Å²) >= 11 is 0. The molecule has 0 amide bonds. The number of ether oxygens (including phenoxy) is 1. The fourth-order valence-corrected chi connectivity index (χ4v) is 1.76. The van der Waals surface area contributed by atoms with Gasteiger partial charge in [0, 0.05) is 17.2 Å². The molecule has 0 saturated heterocycles. The number of aromatic nitrogens is 1. The summed E-state index contributed by atoms with van der Waals surface area (Å²) in [5, 5.41) is 0. The molecule has 0 bridgehead atoms. The van der Waals surface area contributed by atoms with E-state index in [4.69, 9.17) is 0 Å². The van der Waals surface area contributed by atoms with E-state index in [1.165, 1.54) is 12.1 Å². The summed E-state index contributed by atoms with van der Waals surface area (Å²) in [6.45, 7) is 2.59. The number of aryl methyl sites for hydroxylation is 1. The quantitative estimate of drug-likeness (QED) is 0.779. The van der Waals surface area contributed by atoms with Crippen LogP contribution in [0.1, 0.15) is 11.1 Å². The van der Waals surface area contributed by atoms with Crippen molar-refractivity contribution < 1.29 is 22.5 Å². The lowest BCUT2D eigenvalue weighted by Gasteiger charge is -2.08. The fourth-order valence-electron chi connectivity index (χ4n) is 1.76. The molecule has 5 heteroatoms. The van der Waals surface area contributed by atoms with Crippen molar-refractivity contribution >= 4 is 0 Å². The highest BCUT2D eigenvalue weighted by Crippen LogP contribution is 2.22. The number of alkyl halides is 3. The maximum atomic E-state index is 12.0. The molecular weight excluding hydrogens is 255 g/mol. The zero-order valence-electron chi connectivity index (χ0n) is 10.3. The minimum atomic E-state index is -4.65. The van der Waals surface area contributed by atoms with E-state index in [9.17, 15) is 13.2 Å². The summed E-state index contributed by atoms with van der Waals surface area (Å²) in [4.78, 5) is 0. The van der Waals surface area contributed by atoms with Crippen LogP contribution >= 0.6 is 0 Å². The topological polar surface area (TPSA) is 13.1 Å². The Balaban J connectivity index is 2.07. The molecule has 0 spiro atoms. The van der Waals surface area contributed by atoms with Crippen molar-refractivity contribution in [1.29, 1.82) is 0 Å². The van der Waals surface area contributed by atoms with Crippen LogP contribution < -0.4 is 9.30 Å². The summed E-state index contributed by atoms with van der Waals surface area (Å²) in [6.07, 6.45) is -0.764. The van der Waals surface area contributed by atoms with Gasteiger partial charge >= 0.3 is 6.36 Å². The molecule has 0 aliphatic rings. The third-order valence-electron chi connectivity index (χ3n) is 2.53. The van der Waals surface area contributed by atoms with E-state index in [1.807, 2.05) is 36.0 Å². The third kappa shape index (κ3) is 4.28. The number of nitrogens with zero attached hydrogens (tertiary/aromatic N) is 1. The average molecular weight is 268 g/mol. The molecule has 100 valence electrons. The summed E-state index contributed by atoms with van der Waals surface area (Å²) in [5.74, 6) is -0.203. The van der Waals surface area contributed by atoms with Crippen molar-refractivity contribution in [3.8, 4) is 5.75 Å². The van der Waals surface area contributed by atoms with Crippen molar-refractivity contribution in [1.82, 2.24) is 0 Å². The van der Waals surface area contributed by atoms with Gasteiger partial charge in [-0.25, -0.2) is 4.57 Å². The fraction of sp³-hybridized carbons (Fsp3) is 0.214. The minimum absolute atomic E-state index is 0.203. The monoisotopic (exact) mass is 268 g/mol. The van der Waals surface area contributed by atoms with Crippen molar-refractivity contribution in [3.05, 3.63) is 59.9 Å². The molecule has 1 aromatic carbocycles. The number of benzene rings is 1. The molecule has 0 radical (unpaired) electrons. The Morgan fingerprint density at radius 1 is 1.11 bits per heavy atom. The normalized spacial score (nSPS) is 11.4. The predicted octanol–water partition coefficient (Wildman–Crippen LogP) is 3.23. The van der Waals surface area contributed by atoms with Gasteiger partial charge < -0.3 is 4.74 Å². The van der Waals surface area contributed by atoms with Crippen molar-refractivity contribution in [2.75, 3.05) is 0 Å². The summed E-state index contributed by atoms with van der Waals surface area (Å²) in [7, 11) is 0. The van der Waals surface area contributed by atoms with E-state index in [1.54, 1.807) is 12.1 Å². The molecule has 2 nitrogen and oxygen atoms in total. The second kappa shape index (κ2) is 5.30. The zero-order valence-corrected chi connectivity index (χ0v) is 10.3. The van der Waals surface area contributed by atoms with E-state index in [0.717, 1.165) is 11.1 Å². The lowest BCUT2D eigenvalue weighted by Crippen LogP contribution is -2.33. The Labute approximate surface area is 109 Å². The average Bonchev–Trinajstić information content (AvgIpc) is 2.30. The van der Waals surface area contributed by atoms with E-state index in [2.05, 4.69) is 4.74 Å². The molecule has 0 aliphatic carbocycles. The van der Waals surface area contributed by atoms with Crippen molar-refractivity contribution in [3.63, 3.8) is 0 Å². The lowest BCUT2D eigenvalue weighted by molar-refractivity contribution is -0.688. The molecular formula is C14H13F3NO+. The Hall–Kier alpha value is -2.04. The second-order valence-electron chi connectivity index (χ2n) is 4.25. The Bertz CT molecular complexity index is 549. The van der Waals surface area contributed by atoms with Gasteiger partial charge in [-0.1, -0.05) is 0 Å². The van der Waals surface area contributed by atoms with Crippen LogP contribution in [0.2, 0.25) is 0 Å². The van der Waals surface area contributed by atoms with Crippen LogP contribution in [-0.4, -0.2) is 6.36 Å². The Morgan fingerprint density at radius 2 is 1.79 bits per heavy atom. The van der Waals surface area contributed by atoms with Crippen LogP contribution in [0.5, 0.6) is 5.75 Å². The van der Waals surface area contributed by atoms with Crippen LogP contribution in [0.4, 0.5) is 13.2 Å². The van der Waals surface area contributed by atoms with E-state index in [0.29, 0.717) is 6.54 Å². The summed E-state index contributed by atoms with van der Waals surface area (Å²) in [6, 6.07) is 9.79. The lowest BCUT2D eigenvalue weighted by atomic mass is 10.2. The number of halogens is 3. The molecule has 2 aromatic rings. The molecule has 19 heavy (non-hydrogen) atoms. The van der Waals surface area contributed by atoms with Gasteiger partial charge in [-0.15, -0.1) is 13.2 Å². The highest BCUT2D eigenvalue weighted by molar-refractivity contribution is 5.26. The number of hydrogen-bond acceptors (Lipinski definition) is 1. The summed E-state index contributed by atoms with van der Waals surface area (Å²) < 4.78 is 41.8. The zero-order chi connectivity index (χ0) is 13.9. The minimum Gasteiger partial charge on any atom is -0.406 e. The molecule has 2 rings (SSSR count). The molecule has 0 unspecified atom stereocenters. The van der Waals surface area contributed by atoms with Gasteiger partial charge in [0.15, 0.2) is 18.9 Å². The first-order valence-electron chi connectivity index (χ1n) is 5.73. The number of rotatable bonds is 3. The SMILES string of the molecule is Cc1ccc[n+](Cc2ccc(OC(F)(F)F)cc2)c1. The molecule has 0 atom stereocenters. The molecule has 0 saturated carbocycles. The van der Waals surface area contributed by atoms with Gasteiger partial charge in [0.05, 0.1) is 0 Å². The molecule has 0 fully saturated rings. The van der Waals surface area contributed by atoms with Gasteiger partial charge in [-0.3, -0.25) is 0 Å². The smallest absolute Gasteiger partial charge is 0.406 e. The van der Waals surface area contributed by atoms with Crippen molar-refractivity contribution in [2.45, 2.75) is 19.8 Å². The molecule has 1 aromatic heterocycles. The maximum Gasteiger partial charge on any atom is 0.573 e. The van der Waals surface area contributed by atoms with Gasteiger partial charge in [-0.05, 0) is 37.3 Å². The Morgan fingerprint density at radius 3 is 2.37 bits per heavy atom. The van der Waals surface area contributed by atoms with Crippen LogP contribution in [0.3, 0.4) is 0 Å². The van der Waals surface area contributed by atoms with Gasteiger partial charge in [0.25, 0.3) is 0 Å².